The van der Waals surface area contributed by atoms with Crippen molar-refractivity contribution in [3.8, 4) is 5.82 Å². The molecule has 5 nitrogen and oxygen atoms in total. The molecule has 106 valence electrons. The third-order valence-corrected chi connectivity index (χ3v) is 3.18. The lowest BCUT2D eigenvalue weighted by molar-refractivity contribution is 0.845. The van der Waals surface area contributed by atoms with Crippen LogP contribution in [0, 0.1) is 13.8 Å². The number of nitrogens with zero attached hydrogens (tertiary/aromatic N) is 4. The van der Waals surface area contributed by atoms with Crippen molar-refractivity contribution in [2.45, 2.75) is 20.4 Å². The summed E-state index contributed by atoms with van der Waals surface area (Å²) in [5.74, 6) is 0.754. The second-order valence-electron chi connectivity index (χ2n) is 5.09. The zero-order valence-electron chi connectivity index (χ0n) is 12.1. The lowest BCUT2D eigenvalue weighted by Crippen LogP contribution is -2.02. The summed E-state index contributed by atoms with van der Waals surface area (Å²) in [4.78, 5) is 8.28. The van der Waals surface area contributed by atoms with Gasteiger partial charge in [-0.15, -0.1) is 0 Å². The van der Waals surface area contributed by atoms with E-state index in [4.69, 9.17) is 0 Å². The maximum absolute atomic E-state index is 4.37. The Morgan fingerprint density at radius 2 is 1.90 bits per heavy atom. The van der Waals surface area contributed by atoms with E-state index in [1.165, 1.54) is 23.0 Å². The van der Waals surface area contributed by atoms with Crippen molar-refractivity contribution in [1.82, 2.24) is 19.7 Å². The molecule has 0 aliphatic heterocycles. The Morgan fingerprint density at radius 3 is 2.52 bits per heavy atom. The van der Waals surface area contributed by atoms with Gasteiger partial charge in [0.2, 0.25) is 0 Å². The highest BCUT2D eigenvalue weighted by molar-refractivity contribution is 5.44. The van der Waals surface area contributed by atoms with E-state index in [0.29, 0.717) is 0 Å². The summed E-state index contributed by atoms with van der Waals surface area (Å²) in [6.45, 7) is 5.02. The van der Waals surface area contributed by atoms with Gasteiger partial charge in [-0.25, -0.2) is 14.6 Å². The predicted octanol–water partition coefficient (Wildman–Crippen LogP) is 2.89. The molecule has 5 heteroatoms. The Labute approximate surface area is 123 Å². The third kappa shape index (κ3) is 3.25. The van der Waals surface area contributed by atoms with Crippen molar-refractivity contribution in [3.05, 3.63) is 65.9 Å². The van der Waals surface area contributed by atoms with Crippen LogP contribution in [-0.4, -0.2) is 19.7 Å². The maximum atomic E-state index is 4.37. The minimum Gasteiger partial charge on any atom is -0.380 e. The van der Waals surface area contributed by atoms with Gasteiger partial charge in [0.05, 0.1) is 11.9 Å². The van der Waals surface area contributed by atoms with Crippen molar-refractivity contribution in [3.63, 3.8) is 0 Å². The van der Waals surface area contributed by atoms with E-state index in [1.807, 2.05) is 12.1 Å². The SMILES string of the molecule is Cc1cc(C)cc(CNc2ccc(-n3cncn3)nc2)c1. The van der Waals surface area contributed by atoms with Crippen molar-refractivity contribution in [1.29, 1.82) is 0 Å². The first-order valence-corrected chi connectivity index (χ1v) is 6.83. The smallest absolute Gasteiger partial charge is 0.155 e. The van der Waals surface area contributed by atoms with Crippen LogP contribution in [0.3, 0.4) is 0 Å². The average molecular weight is 279 g/mol. The standard InChI is InChI=1S/C16H17N5/c1-12-5-13(2)7-14(6-12)8-18-15-3-4-16(19-9-15)21-11-17-10-20-21/h3-7,9-11,18H,8H2,1-2H3. The zero-order chi connectivity index (χ0) is 14.7. The molecule has 0 aliphatic rings. The van der Waals surface area contributed by atoms with Crippen LogP contribution in [-0.2, 0) is 6.54 Å². The normalized spacial score (nSPS) is 10.6. The first kappa shape index (κ1) is 13.3. The van der Waals surface area contributed by atoms with Crippen LogP contribution >= 0.6 is 0 Å². The van der Waals surface area contributed by atoms with Gasteiger partial charge in [-0.2, -0.15) is 5.10 Å². The topological polar surface area (TPSA) is 55.6 Å². The van der Waals surface area contributed by atoms with E-state index in [1.54, 1.807) is 17.2 Å². The number of pyridine rings is 1. The van der Waals surface area contributed by atoms with Gasteiger partial charge in [0.25, 0.3) is 0 Å². The van der Waals surface area contributed by atoms with Gasteiger partial charge in [-0.1, -0.05) is 29.3 Å². The van der Waals surface area contributed by atoms with Gasteiger partial charge in [-0.05, 0) is 31.5 Å². The number of aromatic nitrogens is 4. The number of rotatable bonds is 4. The largest absolute Gasteiger partial charge is 0.380 e. The van der Waals surface area contributed by atoms with E-state index in [0.717, 1.165) is 18.1 Å². The Kier molecular flexibility index (Phi) is 3.64. The molecule has 0 amide bonds. The molecule has 0 saturated carbocycles. The minimum absolute atomic E-state index is 0.754. The first-order chi connectivity index (χ1) is 10.2. The van der Waals surface area contributed by atoms with E-state index in [2.05, 4.69) is 52.4 Å². The quantitative estimate of drug-likeness (QED) is 0.798. The molecular weight excluding hydrogens is 262 g/mol. The average Bonchev–Trinajstić information content (AvgIpc) is 2.99. The van der Waals surface area contributed by atoms with Crippen LogP contribution in [0.25, 0.3) is 5.82 Å². The van der Waals surface area contributed by atoms with Crippen LogP contribution < -0.4 is 5.32 Å². The van der Waals surface area contributed by atoms with Crippen molar-refractivity contribution in [2.24, 2.45) is 0 Å². The molecule has 0 bridgehead atoms. The molecule has 1 aromatic carbocycles. The van der Waals surface area contributed by atoms with E-state index in [9.17, 15) is 0 Å². The summed E-state index contributed by atoms with van der Waals surface area (Å²) in [7, 11) is 0. The summed E-state index contributed by atoms with van der Waals surface area (Å²) in [5.41, 5.74) is 4.82. The zero-order valence-corrected chi connectivity index (χ0v) is 12.1. The van der Waals surface area contributed by atoms with Crippen molar-refractivity contribution >= 4 is 5.69 Å². The molecule has 0 saturated heterocycles. The first-order valence-electron chi connectivity index (χ1n) is 6.83. The molecule has 0 spiro atoms. The molecule has 1 N–H and O–H groups in total. The van der Waals surface area contributed by atoms with E-state index < -0.39 is 0 Å². The number of nitrogens with one attached hydrogen (secondary N) is 1. The molecule has 0 radical (unpaired) electrons. The number of hydrogen-bond acceptors (Lipinski definition) is 4. The lowest BCUT2D eigenvalue weighted by atomic mass is 10.1. The second-order valence-corrected chi connectivity index (χ2v) is 5.09. The fourth-order valence-electron chi connectivity index (χ4n) is 2.33. The molecule has 3 aromatic rings. The molecule has 0 fully saturated rings. The number of hydrogen-bond donors (Lipinski definition) is 1. The minimum atomic E-state index is 0.754. The highest BCUT2D eigenvalue weighted by Gasteiger charge is 2.00. The highest BCUT2D eigenvalue weighted by Crippen LogP contribution is 2.13. The molecule has 21 heavy (non-hydrogen) atoms. The Balaban J connectivity index is 1.68. The summed E-state index contributed by atoms with van der Waals surface area (Å²) >= 11 is 0. The fraction of sp³-hybridized carbons (Fsp3) is 0.188. The summed E-state index contributed by atoms with van der Waals surface area (Å²) < 4.78 is 1.63. The molecule has 3 rings (SSSR count). The molecule has 0 atom stereocenters. The molecule has 0 aliphatic carbocycles. The summed E-state index contributed by atoms with van der Waals surface area (Å²) in [5, 5.41) is 7.43. The van der Waals surface area contributed by atoms with Gasteiger partial charge >= 0.3 is 0 Å². The fourth-order valence-corrected chi connectivity index (χ4v) is 2.33. The number of anilines is 1. The van der Waals surface area contributed by atoms with Gasteiger partial charge in [0.1, 0.15) is 12.7 Å². The highest BCUT2D eigenvalue weighted by atomic mass is 15.3. The number of aryl methyl sites for hydroxylation is 2. The maximum Gasteiger partial charge on any atom is 0.155 e. The van der Waals surface area contributed by atoms with Crippen LogP contribution in [0.4, 0.5) is 5.69 Å². The predicted molar refractivity (Wildman–Crippen MR) is 82.4 cm³/mol. The van der Waals surface area contributed by atoms with Crippen LogP contribution in [0.1, 0.15) is 16.7 Å². The molecular formula is C16H17N5. The third-order valence-electron chi connectivity index (χ3n) is 3.18. The second kappa shape index (κ2) is 5.75. The number of benzene rings is 1. The van der Waals surface area contributed by atoms with Gasteiger partial charge < -0.3 is 5.32 Å². The van der Waals surface area contributed by atoms with Crippen LogP contribution in [0.15, 0.2) is 49.2 Å². The van der Waals surface area contributed by atoms with Crippen LogP contribution in [0.2, 0.25) is 0 Å². The van der Waals surface area contributed by atoms with E-state index in [-0.39, 0.29) is 0 Å². The van der Waals surface area contributed by atoms with Gasteiger partial charge in [0, 0.05) is 6.54 Å². The lowest BCUT2D eigenvalue weighted by Gasteiger charge is -2.09. The summed E-state index contributed by atoms with van der Waals surface area (Å²) in [6.07, 6.45) is 4.93. The Bertz CT molecular complexity index is 697. The van der Waals surface area contributed by atoms with Crippen molar-refractivity contribution in [2.75, 3.05) is 5.32 Å². The van der Waals surface area contributed by atoms with Gasteiger partial charge in [-0.3, -0.25) is 0 Å². The van der Waals surface area contributed by atoms with Crippen LogP contribution in [0.5, 0.6) is 0 Å². The Hall–Kier alpha value is -2.69. The summed E-state index contributed by atoms with van der Waals surface area (Å²) in [6, 6.07) is 10.5. The molecule has 2 aromatic heterocycles. The Morgan fingerprint density at radius 1 is 1.10 bits per heavy atom. The van der Waals surface area contributed by atoms with Crippen molar-refractivity contribution < 1.29 is 0 Å². The monoisotopic (exact) mass is 279 g/mol. The van der Waals surface area contributed by atoms with Gasteiger partial charge in [0.15, 0.2) is 5.82 Å². The molecule has 0 unspecified atom stereocenters. The molecule has 2 heterocycles. The van der Waals surface area contributed by atoms with E-state index >= 15 is 0 Å².